The van der Waals surface area contributed by atoms with Gasteiger partial charge in [-0.2, -0.15) is 0 Å². The molecule has 0 saturated heterocycles. The van der Waals surface area contributed by atoms with Gasteiger partial charge in [0.2, 0.25) is 0 Å². The van der Waals surface area contributed by atoms with E-state index in [0.717, 1.165) is 22.2 Å². The van der Waals surface area contributed by atoms with E-state index in [-0.39, 0.29) is 0 Å². The van der Waals surface area contributed by atoms with Crippen LogP contribution in [0.15, 0.2) is 52.5 Å². The Morgan fingerprint density at radius 1 is 1.06 bits per heavy atom. The minimum absolute atomic E-state index is 0.767. The summed E-state index contributed by atoms with van der Waals surface area (Å²) in [6.07, 6.45) is 1.78. The van der Waals surface area contributed by atoms with E-state index in [0.29, 0.717) is 0 Å². The molecule has 0 atom stereocenters. The molecule has 0 spiro atoms. The maximum Gasteiger partial charge on any atom is 0.119 e. The molecule has 4 heteroatoms. The lowest BCUT2D eigenvalue weighted by Gasteiger charge is -2.04. The van der Waals surface area contributed by atoms with Crippen molar-refractivity contribution in [1.29, 1.82) is 0 Å². The third-order valence-electron chi connectivity index (χ3n) is 2.41. The number of aryl methyl sites for hydroxylation is 1. The largest absolute Gasteiger partial charge is 0.397 e. The van der Waals surface area contributed by atoms with E-state index < -0.39 is 0 Å². The van der Waals surface area contributed by atoms with Crippen LogP contribution in [0.3, 0.4) is 0 Å². The normalized spacial score (nSPS) is 10.5. The standard InChI is InChI=1S/C14H16N2S2/c1-11-4-6-12(7-5-11)17-9-10-18-14-13(15)3-2-8-16-14/h2-8H,9-10,15H2,1H3. The number of rotatable bonds is 5. The van der Waals surface area contributed by atoms with Gasteiger partial charge in [-0.15, -0.1) is 23.5 Å². The zero-order valence-electron chi connectivity index (χ0n) is 10.3. The Morgan fingerprint density at radius 3 is 2.50 bits per heavy atom. The average Bonchev–Trinajstić information content (AvgIpc) is 2.39. The number of hydrogen-bond donors (Lipinski definition) is 1. The molecule has 0 aliphatic carbocycles. The minimum Gasteiger partial charge on any atom is -0.397 e. The van der Waals surface area contributed by atoms with Crippen molar-refractivity contribution in [3.05, 3.63) is 48.2 Å². The number of aromatic nitrogens is 1. The van der Waals surface area contributed by atoms with Crippen LogP contribution in [0.5, 0.6) is 0 Å². The molecule has 94 valence electrons. The molecule has 2 aromatic rings. The van der Waals surface area contributed by atoms with Crippen LogP contribution in [-0.2, 0) is 0 Å². The summed E-state index contributed by atoms with van der Waals surface area (Å²) in [6.45, 7) is 2.11. The highest BCUT2D eigenvalue weighted by molar-refractivity contribution is 8.03. The van der Waals surface area contributed by atoms with E-state index in [4.69, 9.17) is 5.73 Å². The quantitative estimate of drug-likeness (QED) is 0.665. The van der Waals surface area contributed by atoms with Crippen LogP contribution in [0, 0.1) is 6.92 Å². The SMILES string of the molecule is Cc1ccc(SCCSc2ncccc2N)cc1. The molecule has 18 heavy (non-hydrogen) atoms. The van der Waals surface area contributed by atoms with Crippen molar-refractivity contribution < 1.29 is 0 Å². The van der Waals surface area contributed by atoms with Gasteiger partial charge in [-0.25, -0.2) is 4.98 Å². The first kappa shape index (κ1) is 13.3. The number of nitrogen functional groups attached to an aromatic ring is 1. The fourth-order valence-corrected chi connectivity index (χ4v) is 3.25. The predicted octanol–water partition coefficient (Wildman–Crippen LogP) is 3.86. The summed E-state index contributed by atoms with van der Waals surface area (Å²) < 4.78 is 0. The molecule has 0 aliphatic heterocycles. The van der Waals surface area contributed by atoms with Gasteiger partial charge in [0.15, 0.2) is 0 Å². The third-order valence-corrected chi connectivity index (χ3v) is 4.71. The summed E-state index contributed by atoms with van der Waals surface area (Å²) in [5.41, 5.74) is 7.91. The summed E-state index contributed by atoms with van der Waals surface area (Å²) in [6, 6.07) is 12.4. The Kier molecular flexibility index (Phi) is 4.96. The summed E-state index contributed by atoms with van der Waals surface area (Å²) in [7, 11) is 0. The molecular weight excluding hydrogens is 260 g/mol. The van der Waals surface area contributed by atoms with E-state index >= 15 is 0 Å². The van der Waals surface area contributed by atoms with Crippen LogP contribution in [0.1, 0.15) is 5.56 Å². The second-order valence-corrected chi connectivity index (χ2v) is 6.16. The highest BCUT2D eigenvalue weighted by Gasteiger charge is 2.00. The van der Waals surface area contributed by atoms with E-state index in [9.17, 15) is 0 Å². The van der Waals surface area contributed by atoms with Gasteiger partial charge >= 0.3 is 0 Å². The maximum atomic E-state index is 5.84. The summed E-state index contributed by atoms with van der Waals surface area (Å²) in [5, 5.41) is 0.932. The van der Waals surface area contributed by atoms with Crippen LogP contribution in [0.2, 0.25) is 0 Å². The molecule has 2 N–H and O–H groups in total. The Hall–Kier alpha value is -1.13. The van der Waals surface area contributed by atoms with E-state index in [1.807, 2.05) is 23.9 Å². The number of benzene rings is 1. The number of anilines is 1. The molecule has 0 unspecified atom stereocenters. The first-order valence-corrected chi connectivity index (χ1v) is 7.75. The molecule has 0 radical (unpaired) electrons. The summed E-state index contributed by atoms with van der Waals surface area (Å²) >= 11 is 3.58. The van der Waals surface area contributed by atoms with Gasteiger partial charge in [0.1, 0.15) is 5.03 Å². The predicted molar refractivity (Wildman–Crippen MR) is 81.3 cm³/mol. The number of hydrogen-bond acceptors (Lipinski definition) is 4. The van der Waals surface area contributed by atoms with E-state index in [2.05, 4.69) is 36.2 Å². The Balaban J connectivity index is 1.76. The Bertz CT molecular complexity index is 497. The van der Waals surface area contributed by atoms with Crippen molar-refractivity contribution in [2.45, 2.75) is 16.8 Å². The number of pyridine rings is 1. The van der Waals surface area contributed by atoms with Crippen molar-refractivity contribution in [3.63, 3.8) is 0 Å². The number of thioether (sulfide) groups is 2. The molecule has 0 saturated carbocycles. The molecule has 0 bridgehead atoms. The van der Waals surface area contributed by atoms with Gasteiger partial charge in [0, 0.05) is 22.6 Å². The zero-order valence-corrected chi connectivity index (χ0v) is 11.9. The van der Waals surface area contributed by atoms with Gasteiger partial charge in [-0.3, -0.25) is 0 Å². The molecule has 2 rings (SSSR count). The first-order chi connectivity index (χ1) is 8.75. The average molecular weight is 276 g/mol. The van der Waals surface area contributed by atoms with Crippen molar-refractivity contribution in [3.8, 4) is 0 Å². The molecule has 0 fully saturated rings. The van der Waals surface area contributed by atoms with Crippen molar-refractivity contribution in [2.75, 3.05) is 17.2 Å². The summed E-state index contributed by atoms with van der Waals surface area (Å²) in [4.78, 5) is 5.58. The lowest BCUT2D eigenvalue weighted by atomic mass is 10.2. The Morgan fingerprint density at radius 2 is 1.78 bits per heavy atom. The maximum absolute atomic E-state index is 5.84. The van der Waals surface area contributed by atoms with Crippen LogP contribution >= 0.6 is 23.5 Å². The fraction of sp³-hybridized carbons (Fsp3) is 0.214. The summed E-state index contributed by atoms with van der Waals surface area (Å²) in [5.74, 6) is 2.07. The molecule has 0 aliphatic rings. The fourth-order valence-electron chi connectivity index (χ4n) is 1.46. The molecule has 1 heterocycles. The topological polar surface area (TPSA) is 38.9 Å². The minimum atomic E-state index is 0.767. The number of nitrogens with two attached hydrogens (primary N) is 1. The lowest BCUT2D eigenvalue weighted by Crippen LogP contribution is -1.92. The molecule has 0 amide bonds. The van der Waals surface area contributed by atoms with E-state index in [1.54, 1.807) is 18.0 Å². The lowest BCUT2D eigenvalue weighted by molar-refractivity contribution is 1.14. The van der Waals surface area contributed by atoms with Crippen LogP contribution < -0.4 is 5.73 Å². The molecular formula is C14H16N2S2. The third kappa shape index (κ3) is 3.96. The first-order valence-electron chi connectivity index (χ1n) is 5.78. The van der Waals surface area contributed by atoms with Crippen LogP contribution in [-0.4, -0.2) is 16.5 Å². The highest BCUT2D eigenvalue weighted by atomic mass is 32.2. The van der Waals surface area contributed by atoms with Crippen LogP contribution in [0.25, 0.3) is 0 Å². The van der Waals surface area contributed by atoms with Gasteiger partial charge in [-0.1, -0.05) is 17.7 Å². The van der Waals surface area contributed by atoms with Crippen LogP contribution in [0.4, 0.5) is 5.69 Å². The van der Waals surface area contributed by atoms with Gasteiger partial charge in [0.05, 0.1) is 5.69 Å². The van der Waals surface area contributed by atoms with Crippen molar-refractivity contribution >= 4 is 29.2 Å². The van der Waals surface area contributed by atoms with Gasteiger partial charge in [-0.05, 0) is 31.2 Å². The van der Waals surface area contributed by atoms with Crippen molar-refractivity contribution in [2.24, 2.45) is 0 Å². The second-order valence-electron chi connectivity index (χ2n) is 3.91. The molecule has 1 aromatic heterocycles. The zero-order chi connectivity index (χ0) is 12.8. The second kappa shape index (κ2) is 6.71. The molecule has 2 nitrogen and oxygen atoms in total. The number of nitrogens with zero attached hydrogens (tertiary/aromatic N) is 1. The monoisotopic (exact) mass is 276 g/mol. The van der Waals surface area contributed by atoms with Gasteiger partial charge < -0.3 is 5.73 Å². The van der Waals surface area contributed by atoms with Crippen molar-refractivity contribution in [1.82, 2.24) is 4.98 Å². The molecule has 1 aromatic carbocycles. The van der Waals surface area contributed by atoms with Gasteiger partial charge in [0.25, 0.3) is 0 Å². The highest BCUT2D eigenvalue weighted by Crippen LogP contribution is 2.25. The smallest absolute Gasteiger partial charge is 0.119 e. The Labute approximate surface area is 116 Å². The van der Waals surface area contributed by atoms with E-state index in [1.165, 1.54) is 10.5 Å².